The highest BCUT2D eigenvalue weighted by Crippen LogP contribution is 2.39. The molecule has 0 unspecified atom stereocenters. The molecule has 3 heterocycles. The fourth-order valence-corrected chi connectivity index (χ4v) is 4.30. The van der Waals surface area contributed by atoms with Crippen LogP contribution >= 0.6 is 11.6 Å². The van der Waals surface area contributed by atoms with Gasteiger partial charge in [-0.2, -0.15) is 0 Å². The molecule has 0 bridgehead atoms. The minimum Gasteiger partial charge on any atom is -0.497 e. The van der Waals surface area contributed by atoms with Crippen LogP contribution in [0.25, 0.3) is 22.0 Å². The van der Waals surface area contributed by atoms with E-state index in [4.69, 9.17) is 30.3 Å². The summed E-state index contributed by atoms with van der Waals surface area (Å²) in [6.45, 7) is 6.79. The van der Waals surface area contributed by atoms with Crippen LogP contribution in [0.1, 0.15) is 12.5 Å². The molecule has 4 aromatic rings. The number of oxime groups is 1. The average Bonchev–Trinajstić information content (AvgIpc) is 3.27. The molecule has 5 rings (SSSR count). The summed E-state index contributed by atoms with van der Waals surface area (Å²) in [5.41, 5.74) is 4.75. The molecule has 182 valence electrons. The lowest BCUT2D eigenvalue weighted by molar-refractivity contribution is 0.0212. The number of benzene rings is 2. The normalized spacial score (nSPS) is 15.0. The largest absolute Gasteiger partial charge is 0.497 e. The highest BCUT2D eigenvalue weighted by atomic mass is 35.5. The summed E-state index contributed by atoms with van der Waals surface area (Å²) in [5, 5.41) is 9.93. The second kappa shape index (κ2) is 10.5. The molecule has 1 aliphatic heterocycles. The number of nitrogens with zero attached hydrogens (tertiary/aromatic N) is 3. The van der Waals surface area contributed by atoms with Gasteiger partial charge in [-0.05, 0) is 36.8 Å². The zero-order valence-electron chi connectivity index (χ0n) is 19.7. The third kappa shape index (κ3) is 5.19. The molecule has 1 fully saturated rings. The number of methoxy groups -OCH3 is 1. The van der Waals surface area contributed by atoms with Crippen molar-refractivity contribution >= 4 is 50.7 Å². The molecular formula is C26H27ClN4O4. The monoisotopic (exact) mass is 494 g/mol. The molecule has 0 radical (unpaired) electrons. The quantitative estimate of drug-likeness (QED) is 0.198. The van der Waals surface area contributed by atoms with E-state index in [0.717, 1.165) is 77.5 Å². The van der Waals surface area contributed by atoms with Crippen LogP contribution in [0.5, 0.6) is 5.75 Å². The fourth-order valence-electron chi connectivity index (χ4n) is 4.08. The van der Waals surface area contributed by atoms with Crippen molar-refractivity contribution in [1.29, 1.82) is 0 Å². The number of ether oxygens (including phenoxy) is 2. The van der Waals surface area contributed by atoms with Gasteiger partial charge >= 0.3 is 0 Å². The summed E-state index contributed by atoms with van der Waals surface area (Å²) >= 11 is 6.44. The maximum Gasteiger partial charge on any atom is 0.230 e. The molecule has 1 aliphatic rings. The van der Waals surface area contributed by atoms with E-state index < -0.39 is 0 Å². The number of pyridine rings is 1. The van der Waals surface area contributed by atoms with E-state index in [1.165, 1.54) is 6.26 Å². The molecule has 35 heavy (non-hydrogen) atoms. The van der Waals surface area contributed by atoms with E-state index in [2.05, 4.69) is 20.4 Å². The number of halogens is 1. The minimum absolute atomic E-state index is 0.465. The molecule has 0 spiro atoms. The average molecular weight is 495 g/mol. The van der Waals surface area contributed by atoms with Crippen molar-refractivity contribution in [3.63, 3.8) is 0 Å². The first-order valence-electron chi connectivity index (χ1n) is 11.5. The summed E-state index contributed by atoms with van der Waals surface area (Å²) < 4.78 is 16.3. The van der Waals surface area contributed by atoms with E-state index in [9.17, 15) is 0 Å². The van der Waals surface area contributed by atoms with Gasteiger partial charge in [0.2, 0.25) is 5.71 Å². The van der Waals surface area contributed by atoms with Gasteiger partial charge < -0.3 is 24.0 Å². The molecule has 0 aliphatic carbocycles. The zero-order chi connectivity index (χ0) is 24.2. The van der Waals surface area contributed by atoms with Gasteiger partial charge in [0.1, 0.15) is 18.6 Å². The van der Waals surface area contributed by atoms with E-state index in [0.29, 0.717) is 17.3 Å². The van der Waals surface area contributed by atoms with E-state index in [1.54, 1.807) is 7.11 Å². The Morgan fingerprint density at radius 2 is 1.97 bits per heavy atom. The van der Waals surface area contributed by atoms with Gasteiger partial charge in [0.05, 0.1) is 47.6 Å². The Kier molecular flexibility index (Phi) is 7.03. The van der Waals surface area contributed by atoms with E-state index >= 15 is 0 Å². The van der Waals surface area contributed by atoms with Gasteiger partial charge in [-0.15, -0.1) is 0 Å². The maximum atomic E-state index is 6.44. The number of morpholine rings is 1. The molecule has 0 saturated carbocycles. The summed E-state index contributed by atoms with van der Waals surface area (Å²) in [6.07, 6.45) is 1.50. The van der Waals surface area contributed by atoms with Crippen LogP contribution in [0.15, 0.2) is 58.3 Å². The summed E-state index contributed by atoms with van der Waals surface area (Å²) in [6, 6.07) is 13.7. The molecule has 0 atom stereocenters. The molecule has 2 aromatic carbocycles. The predicted molar refractivity (Wildman–Crippen MR) is 138 cm³/mol. The number of hydrogen-bond acceptors (Lipinski definition) is 8. The summed E-state index contributed by atoms with van der Waals surface area (Å²) in [7, 11) is 1.63. The van der Waals surface area contributed by atoms with E-state index in [1.807, 2.05) is 49.4 Å². The van der Waals surface area contributed by atoms with Crippen molar-refractivity contribution < 1.29 is 18.7 Å². The lowest BCUT2D eigenvalue weighted by atomic mass is 10.1. The molecule has 0 amide bonds. The van der Waals surface area contributed by atoms with Crippen molar-refractivity contribution in [3.8, 4) is 5.75 Å². The van der Waals surface area contributed by atoms with Crippen molar-refractivity contribution in [3.05, 3.63) is 59.3 Å². The van der Waals surface area contributed by atoms with Gasteiger partial charge in [0.15, 0.2) is 0 Å². The van der Waals surface area contributed by atoms with Crippen molar-refractivity contribution in [2.24, 2.45) is 5.16 Å². The third-order valence-electron chi connectivity index (χ3n) is 6.05. The number of fused-ring (bicyclic) bond motifs is 2. The van der Waals surface area contributed by atoms with E-state index in [-0.39, 0.29) is 0 Å². The zero-order valence-corrected chi connectivity index (χ0v) is 20.5. The first-order chi connectivity index (χ1) is 17.1. The van der Waals surface area contributed by atoms with Gasteiger partial charge in [-0.25, -0.2) is 4.98 Å². The Morgan fingerprint density at radius 3 is 2.74 bits per heavy atom. The molecule has 8 nitrogen and oxygen atoms in total. The van der Waals surface area contributed by atoms with Gasteiger partial charge in [-0.3, -0.25) is 4.90 Å². The highest BCUT2D eigenvalue weighted by Gasteiger charge is 2.16. The van der Waals surface area contributed by atoms with Gasteiger partial charge in [0.25, 0.3) is 0 Å². The number of rotatable bonds is 8. The highest BCUT2D eigenvalue weighted by molar-refractivity contribution is 6.37. The van der Waals surface area contributed by atoms with Crippen LogP contribution in [0, 0.1) is 0 Å². The van der Waals surface area contributed by atoms with Gasteiger partial charge in [-0.1, -0.05) is 28.9 Å². The van der Waals surface area contributed by atoms with Crippen LogP contribution in [-0.2, 0) is 9.57 Å². The summed E-state index contributed by atoms with van der Waals surface area (Å²) in [5.74, 6) is 0.722. The Labute approximate surface area is 208 Å². The first-order valence-corrected chi connectivity index (χ1v) is 11.9. The molecule has 9 heteroatoms. The standard InChI is InChI=1S/C26H27ClN4O4/c1-17(30-35-14-11-31-9-12-33-13-10-31)18-3-5-19(6-4-18)28-25-21-8-7-20(32-2)15-23(21)29-26-24(25)22(27)16-34-26/h3-8,15-16H,9-14H2,1-2H3,(H,28,29)/b30-17+. The van der Waals surface area contributed by atoms with Crippen LogP contribution in [0.2, 0.25) is 5.02 Å². The molecule has 1 saturated heterocycles. The predicted octanol–water partition coefficient (Wildman–Crippen LogP) is 5.46. The third-order valence-corrected chi connectivity index (χ3v) is 6.33. The molecule has 2 aromatic heterocycles. The second-order valence-electron chi connectivity index (χ2n) is 8.30. The first kappa shape index (κ1) is 23.4. The SMILES string of the molecule is COc1ccc2c(Nc3ccc(/C(C)=N/OCCN4CCOCC4)cc3)c3c(Cl)coc3nc2c1. The summed E-state index contributed by atoms with van der Waals surface area (Å²) in [4.78, 5) is 12.5. The number of hydrogen-bond donors (Lipinski definition) is 1. The van der Waals surface area contributed by atoms with Crippen LogP contribution < -0.4 is 10.1 Å². The lowest BCUT2D eigenvalue weighted by Crippen LogP contribution is -2.38. The minimum atomic E-state index is 0.465. The van der Waals surface area contributed by atoms with Crippen molar-refractivity contribution in [1.82, 2.24) is 9.88 Å². The fraction of sp³-hybridized carbons (Fsp3) is 0.308. The number of furan rings is 1. The van der Waals surface area contributed by atoms with Crippen LogP contribution in [0.4, 0.5) is 11.4 Å². The van der Waals surface area contributed by atoms with Gasteiger partial charge in [0, 0.05) is 36.8 Å². The number of anilines is 2. The number of aromatic nitrogens is 1. The molecular weight excluding hydrogens is 468 g/mol. The van der Waals surface area contributed by atoms with Crippen molar-refractivity contribution in [2.45, 2.75) is 6.92 Å². The topological polar surface area (TPSA) is 81.3 Å². The molecule has 1 N–H and O–H groups in total. The van der Waals surface area contributed by atoms with Crippen molar-refractivity contribution in [2.75, 3.05) is 51.9 Å². The Bertz CT molecular complexity index is 1350. The Hall–Kier alpha value is -3.33. The van der Waals surface area contributed by atoms with Crippen LogP contribution in [-0.4, -0.2) is 62.2 Å². The maximum absolute atomic E-state index is 6.44. The van der Waals surface area contributed by atoms with Crippen LogP contribution in [0.3, 0.4) is 0 Å². The number of nitrogens with one attached hydrogen (secondary N) is 1. The second-order valence-corrected chi connectivity index (χ2v) is 8.71. The Balaban J connectivity index is 1.32. The smallest absolute Gasteiger partial charge is 0.230 e. The lowest BCUT2D eigenvalue weighted by Gasteiger charge is -2.25. The Morgan fingerprint density at radius 1 is 1.17 bits per heavy atom.